The number of hydrogen-bond acceptors (Lipinski definition) is 4. The molecule has 0 saturated heterocycles. The number of likely N-dealkylation sites (N-methyl/N-ethyl adjacent to an activating group) is 1. The first kappa shape index (κ1) is 17.9. The molecule has 5 heteroatoms. The summed E-state index contributed by atoms with van der Waals surface area (Å²) in [6.07, 6.45) is 3.20. The molecule has 0 fully saturated rings. The molecule has 0 N–H and O–H groups in total. The van der Waals surface area contributed by atoms with E-state index in [2.05, 4.69) is 29.2 Å². The Kier molecular flexibility index (Phi) is 5.79. The van der Waals surface area contributed by atoms with E-state index in [-0.39, 0.29) is 11.7 Å². The molecule has 0 aliphatic rings. The second kappa shape index (κ2) is 8.43. The average molecular weight is 349 g/mol. The summed E-state index contributed by atoms with van der Waals surface area (Å²) >= 11 is 0. The fourth-order valence-electron chi connectivity index (χ4n) is 2.84. The van der Waals surface area contributed by atoms with Crippen molar-refractivity contribution in [1.29, 1.82) is 0 Å². The monoisotopic (exact) mass is 349 g/mol. The van der Waals surface area contributed by atoms with Crippen LogP contribution in [0.2, 0.25) is 0 Å². The molecule has 3 aromatic rings. The average Bonchev–Trinajstić information content (AvgIpc) is 3.15. The zero-order valence-corrected chi connectivity index (χ0v) is 15.1. The minimum absolute atomic E-state index is 0.160. The van der Waals surface area contributed by atoms with Crippen molar-refractivity contribution in [2.45, 2.75) is 25.7 Å². The van der Waals surface area contributed by atoms with Gasteiger partial charge in [0.05, 0.1) is 5.69 Å². The van der Waals surface area contributed by atoms with Gasteiger partial charge in [0.2, 0.25) is 5.76 Å². The molecule has 134 valence electrons. The van der Waals surface area contributed by atoms with Gasteiger partial charge in [0, 0.05) is 38.0 Å². The van der Waals surface area contributed by atoms with E-state index in [0.717, 1.165) is 17.8 Å². The summed E-state index contributed by atoms with van der Waals surface area (Å²) in [4.78, 5) is 18.4. The van der Waals surface area contributed by atoms with E-state index in [4.69, 9.17) is 4.52 Å². The zero-order chi connectivity index (χ0) is 18.4. The van der Waals surface area contributed by atoms with Crippen molar-refractivity contribution in [3.8, 4) is 0 Å². The van der Waals surface area contributed by atoms with Crippen molar-refractivity contribution in [3.63, 3.8) is 0 Å². The quantitative estimate of drug-likeness (QED) is 0.652. The molecule has 0 radical (unpaired) electrons. The molecule has 1 amide bonds. The number of pyridine rings is 1. The van der Waals surface area contributed by atoms with Gasteiger partial charge >= 0.3 is 0 Å². The second-order valence-electron chi connectivity index (χ2n) is 6.50. The van der Waals surface area contributed by atoms with Gasteiger partial charge in [-0.2, -0.15) is 0 Å². The Morgan fingerprint density at radius 2 is 1.88 bits per heavy atom. The molecule has 26 heavy (non-hydrogen) atoms. The molecular formula is C21H23N3O2. The third-order valence-corrected chi connectivity index (χ3v) is 4.43. The van der Waals surface area contributed by atoms with E-state index in [1.165, 1.54) is 5.56 Å². The molecule has 3 rings (SSSR count). The van der Waals surface area contributed by atoms with Gasteiger partial charge in [0.25, 0.3) is 5.91 Å². The SMILES string of the molecule is C[C@@H](Cc1cc(C(=O)N(C)CCc2ccccn2)on1)c1ccccc1. The highest BCUT2D eigenvalue weighted by Crippen LogP contribution is 2.20. The number of nitrogens with zero attached hydrogens (tertiary/aromatic N) is 3. The van der Waals surface area contributed by atoms with Gasteiger partial charge in [-0.3, -0.25) is 9.78 Å². The minimum Gasteiger partial charge on any atom is -0.351 e. The van der Waals surface area contributed by atoms with Crippen LogP contribution in [-0.4, -0.2) is 34.5 Å². The van der Waals surface area contributed by atoms with Crippen molar-refractivity contribution in [3.05, 3.63) is 83.5 Å². The van der Waals surface area contributed by atoms with Crippen LogP contribution >= 0.6 is 0 Å². The van der Waals surface area contributed by atoms with E-state index in [1.807, 2.05) is 36.4 Å². The van der Waals surface area contributed by atoms with Crippen molar-refractivity contribution < 1.29 is 9.32 Å². The molecule has 5 nitrogen and oxygen atoms in total. The van der Waals surface area contributed by atoms with E-state index in [9.17, 15) is 4.79 Å². The summed E-state index contributed by atoms with van der Waals surface area (Å²) in [7, 11) is 1.76. The fraction of sp³-hybridized carbons (Fsp3) is 0.286. The lowest BCUT2D eigenvalue weighted by Crippen LogP contribution is -2.28. The van der Waals surface area contributed by atoms with E-state index >= 15 is 0 Å². The van der Waals surface area contributed by atoms with Crippen molar-refractivity contribution in [2.75, 3.05) is 13.6 Å². The van der Waals surface area contributed by atoms with Crippen LogP contribution in [0.15, 0.2) is 65.3 Å². The number of aromatic nitrogens is 2. The smallest absolute Gasteiger partial charge is 0.292 e. The van der Waals surface area contributed by atoms with Crippen LogP contribution in [0.1, 0.15) is 40.3 Å². The van der Waals surface area contributed by atoms with E-state index in [1.54, 1.807) is 24.2 Å². The first-order chi connectivity index (χ1) is 12.6. The Hall–Kier alpha value is -2.95. The van der Waals surface area contributed by atoms with E-state index < -0.39 is 0 Å². The van der Waals surface area contributed by atoms with Crippen LogP contribution in [0.3, 0.4) is 0 Å². The molecule has 2 heterocycles. The molecular weight excluding hydrogens is 326 g/mol. The first-order valence-electron chi connectivity index (χ1n) is 8.79. The van der Waals surface area contributed by atoms with E-state index in [0.29, 0.717) is 18.9 Å². The minimum atomic E-state index is -0.160. The number of hydrogen-bond donors (Lipinski definition) is 0. The number of carbonyl (C=O) groups is 1. The van der Waals surface area contributed by atoms with Crippen LogP contribution in [0.4, 0.5) is 0 Å². The van der Waals surface area contributed by atoms with Crippen LogP contribution in [-0.2, 0) is 12.8 Å². The fourth-order valence-corrected chi connectivity index (χ4v) is 2.84. The molecule has 1 atom stereocenters. The predicted molar refractivity (Wildman–Crippen MR) is 100.0 cm³/mol. The Labute approximate surface area is 153 Å². The van der Waals surface area contributed by atoms with Gasteiger partial charge in [-0.15, -0.1) is 0 Å². The number of carbonyl (C=O) groups excluding carboxylic acids is 1. The molecule has 0 aliphatic heterocycles. The van der Waals surface area contributed by atoms with Gasteiger partial charge in [0.1, 0.15) is 0 Å². The first-order valence-corrected chi connectivity index (χ1v) is 8.79. The number of amides is 1. The van der Waals surface area contributed by atoms with Crippen molar-refractivity contribution >= 4 is 5.91 Å². The maximum absolute atomic E-state index is 12.5. The molecule has 0 unspecified atom stereocenters. The molecule has 1 aromatic carbocycles. The second-order valence-corrected chi connectivity index (χ2v) is 6.50. The zero-order valence-electron chi connectivity index (χ0n) is 15.1. The lowest BCUT2D eigenvalue weighted by atomic mass is 9.96. The Balaban J connectivity index is 1.57. The third-order valence-electron chi connectivity index (χ3n) is 4.43. The molecule has 0 spiro atoms. The topological polar surface area (TPSA) is 59.2 Å². The summed E-state index contributed by atoms with van der Waals surface area (Å²) < 4.78 is 5.28. The Bertz CT molecular complexity index is 831. The van der Waals surface area contributed by atoms with Gasteiger partial charge in [-0.1, -0.05) is 48.5 Å². The Morgan fingerprint density at radius 3 is 2.62 bits per heavy atom. The standard InChI is InChI=1S/C21H23N3O2/c1-16(17-8-4-3-5-9-17)14-19-15-20(26-23-19)21(25)24(2)13-11-18-10-6-7-12-22-18/h3-10,12,15-16H,11,13-14H2,1-2H3/t16-/m0/s1. The Morgan fingerprint density at radius 1 is 1.12 bits per heavy atom. The lowest BCUT2D eigenvalue weighted by molar-refractivity contribution is 0.0755. The molecule has 0 bridgehead atoms. The van der Waals surface area contributed by atoms with Crippen molar-refractivity contribution in [2.24, 2.45) is 0 Å². The molecule has 0 aliphatic carbocycles. The number of rotatable bonds is 7. The highest BCUT2D eigenvalue weighted by atomic mass is 16.5. The largest absolute Gasteiger partial charge is 0.351 e. The normalized spacial score (nSPS) is 11.9. The van der Waals surface area contributed by atoms with Gasteiger partial charge in [-0.25, -0.2) is 0 Å². The van der Waals surface area contributed by atoms with Crippen LogP contribution in [0.5, 0.6) is 0 Å². The van der Waals surface area contributed by atoms with Gasteiger partial charge in [0.15, 0.2) is 0 Å². The third kappa shape index (κ3) is 4.57. The predicted octanol–water partition coefficient (Wildman–Crippen LogP) is 3.73. The summed E-state index contributed by atoms with van der Waals surface area (Å²) in [6, 6.07) is 17.8. The maximum atomic E-state index is 12.5. The maximum Gasteiger partial charge on any atom is 0.292 e. The highest BCUT2D eigenvalue weighted by Gasteiger charge is 2.18. The molecule has 2 aromatic heterocycles. The van der Waals surface area contributed by atoms with Gasteiger partial charge in [-0.05, 0) is 30.0 Å². The van der Waals surface area contributed by atoms with Crippen LogP contribution < -0.4 is 0 Å². The lowest BCUT2D eigenvalue weighted by Gasteiger charge is -2.14. The van der Waals surface area contributed by atoms with Gasteiger partial charge < -0.3 is 9.42 Å². The summed E-state index contributed by atoms with van der Waals surface area (Å²) in [5.41, 5.74) is 3.00. The van der Waals surface area contributed by atoms with Crippen molar-refractivity contribution in [1.82, 2.24) is 15.0 Å². The summed E-state index contributed by atoms with van der Waals surface area (Å²) in [5, 5.41) is 4.07. The number of benzene rings is 1. The summed E-state index contributed by atoms with van der Waals surface area (Å²) in [5.74, 6) is 0.432. The van der Waals surface area contributed by atoms with Crippen LogP contribution in [0, 0.1) is 0 Å². The highest BCUT2D eigenvalue weighted by molar-refractivity contribution is 5.91. The summed E-state index contributed by atoms with van der Waals surface area (Å²) in [6.45, 7) is 2.72. The molecule has 0 saturated carbocycles. The van der Waals surface area contributed by atoms with Crippen LogP contribution in [0.25, 0.3) is 0 Å².